The lowest BCUT2D eigenvalue weighted by atomic mass is 10.1. The summed E-state index contributed by atoms with van der Waals surface area (Å²) in [6, 6.07) is 0. The smallest absolute Gasteiger partial charge is 0.316 e. The predicted molar refractivity (Wildman–Crippen MR) is 61.4 cm³/mol. The van der Waals surface area contributed by atoms with E-state index in [1.165, 1.54) is 11.3 Å². The van der Waals surface area contributed by atoms with E-state index in [0.29, 0.717) is 5.01 Å². The van der Waals surface area contributed by atoms with Crippen LogP contribution in [0.25, 0.3) is 0 Å². The van der Waals surface area contributed by atoms with Gasteiger partial charge in [-0.25, -0.2) is 4.98 Å². The first-order chi connectivity index (χ1) is 7.44. The second kappa shape index (κ2) is 5.21. The lowest BCUT2D eigenvalue weighted by Gasteiger charge is -2.22. The molecule has 0 aliphatic rings. The maximum Gasteiger partial charge on any atom is 0.316 e. The highest BCUT2D eigenvalue weighted by atomic mass is 32.1. The van der Waals surface area contributed by atoms with Crippen molar-refractivity contribution < 1.29 is 14.3 Å². The van der Waals surface area contributed by atoms with Crippen molar-refractivity contribution in [3.8, 4) is 0 Å². The third-order valence-corrected chi connectivity index (χ3v) is 2.66. The molecular weight excluding hydrogens is 226 g/mol. The number of esters is 1. The van der Waals surface area contributed by atoms with Gasteiger partial charge in [0.15, 0.2) is 0 Å². The van der Waals surface area contributed by atoms with Crippen molar-refractivity contribution >= 4 is 23.6 Å². The second-order valence-corrected chi connectivity index (χ2v) is 5.28. The minimum atomic E-state index is -0.572. The van der Waals surface area contributed by atoms with E-state index < -0.39 is 17.5 Å². The largest absolute Gasteiger partial charge is 0.459 e. The van der Waals surface area contributed by atoms with Gasteiger partial charge >= 0.3 is 5.97 Å². The highest BCUT2D eigenvalue weighted by Gasteiger charge is 2.27. The highest BCUT2D eigenvalue weighted by Crippen LogP contribution is 2.24. The molecule has 88 valence electrons. The minimum Gasteiger partial charge on any atom is -0.459 e. The molecule has 5 heteroatoms. The number of carbonyl (C=O) groups is 2. The summed E-state index contributed by atoms with van der Waals surface area (Å²) in [7, 11) is 0. The van der Waals surface area contributed by atoms with Crippen molar-refractivity contribution in [3.05, 3.63) is 16.6 Å². The number of carbonyl (C=O) groups excluding carboxylic acids is 2. The van der Waals surface area contributed by atoms with Crippen LogP contribution >= 0.6 is 11.3 Å². The van der Waals surface area contributed by atoms with Gasteiger partial charge in [-0.1, -0.05) is 0 Å². The molecule has 1 rings (SSSR count). The number of aromatic nitrogens is 1. The topological polar surface area (TPSA) is 56.3 Å². The molecule has 1 unspecified atom stereocenters. The molecule has 16 heavy (non-hydrogen) atoms. The van der Waals surface area contributed by atoms with E-state index in [9.17, 15) is 9.59 Å². The Kier molecular flexibility index (Phi) is 4.18. The fraction of sp³-hybridized carbons (Fsp3) is 0.545. The molecule has 1 atom stereocenters. The summed E-state index contributed by atoms with van der Waals surface area (Å²) >= 11 is 1.35. The molecule has 0 aliphatic heterocycles. The Balaban J connectivity index is 2.78. The molecule has 1 aromatic rings. The van der Waals surface area contributed by atoms with Crippen LogP contribution in [0.1, 0.15) is 38.1 Å². The third-order valence-electron chi connectivity index (χ3n) is 1.77. The van der Waals surface area contributed by atoms with Crippen LogP contribution < -0.4 is 0 Å². The fourth-order valence-corrected chi connectivity index (χ4v) is 1.91. The number of rotatable bonds is 4. The van der Waals surface area contributed by atoms with Gasteiger partial charge in [-0.2, -0.15) is 0 Å². The molecule has 0 saturated carbocycles. The van der Waals surface area contributed by atoms with Gasteiger partial charge in [-0.3, -0.25) is 4.79 Å². The van der Waals surface area contributed by atoms with Crippen LogP contribution in [0, 0.1) is 0 Å². The third kappa shape index (κ3) is 3.73. The standard InChI is InChI=1S/C11H15NO3S/c1-11(2,3)15-10(14)8(4-6-13)9-12-5-7-16-9/h5-8H,4H2,1-3H3. The molecule has 1 heterocycles. The molecule has 0 radical (unpaired) electrons. The van der Waals surface area contributed by atoms with Crippen molar-refractivity contribution in [2.75, 3.05) is 0 Å². The quantitative estimate of drug-likeness (QED) is 0.598. The van der Waals surface area contributed by atoms with Crippen LogP contribution in [0.2, 0.25) is 0 Å². The molecule has 0 aromatic carbocycles. The average molecular weight is 241 g/mol. The molecule has 0 aliphatic carbocycles. The van der Waals surface area contributed by atoms with E-state index in [2.05, 4.69) is 4.98 Å². The van der Waals surface area contributed by atoms with Crippen LogP contribution in [0.4, 0.5) is 0 Å². The van der Waals surface area contributed by atoms with E-state index in [1.807, 2.05) is 0 Å². The van der Waals surface area contributed by atoms with Crippen molar-refractivity contribution in [1.82, 2.24) is 4.98 Å². The van der Waals surface area contributed by atoms with Gasteiger partial charge in [0.25, 0.3) is 0 Å². The van der Waals surface area contributed by atoms with Crippen molar-refractivity contribution in [2.45, 2.75) is 38.7 Å². The minimum absolute atomic E-state index is 0.114. The first-order valence-corrected chi connectivity index (χ1v) is 5.88. The van der Waals surface area contributed by atoms with Gasteiger partial charge in [0, 0.05) is 18.0 Å². The fourth-order valence-electron chi connectivity index (χ4n) is 1.17. The zero-order valence-electron chi connectivity index (χ0n) is 9.60. The molecule has 0 spiro atoms. The summed E-state index contributed by atoms with van der Waals surface area (Å²) in [6.07, 6.45) is 2.45. The van der Waals surface area contributed by atoms with Crippen molar-refractivity contribution in [2.24, 2.45) is 0 Å². The van der Waals surface area contributed by atoms with Crippen molar-refractivity contribution in [1.29, 1.82) is 0 Å². The lowest BCUT2D eigenvalue weighted by Crippen LogP contribution is -2.28. The molecule has 0 amide bonds. The van der Waals surface area contributed by atoms with Crippen LogP contribution in [0.5, 0.6) is 0 Å². The normalized spacial score (nSPS) is 13.2. The Morgan fingerprint density at radius 1 is 1.62 bits per heavy atom. The number of hydrogen-bond acceptors (Lipinski definition) is 5. The zero-order valence-corrected chi connectivity index (χ0v) is 10.4. The Bertz CT molecular complexity index is 354. The van der Waals surface area contributed by atoms with Gasteiger partial charge in [0.05, 0.1) is 0 Å². The van der Waals surface area contributed by atoms with Gasteiger partial charge in [0.1, 0.15) is 22.8 Å². The maximum absolute atomic E-state index is 11.8. The molecule has 0 N–H and O–H groups in total. The number of nitrogens with zero attached hydrogens (tertiary/aromatic N) is 1. The van der Waals surface area contributed by atoms with Crippen LogP contribution in [0.15, 0.2) is 11.6 Å². The summed E-state index contributed by atoms with van der Waals surface area (Å²) < 4.78 is 5.25. The number of ether oxygens (including phenoxy) is 1. The van der Waals surface area contributed by atoms with Gasteiger partial charge < -0.3 is 9.53 Å². The summed E-state index contributed by atoms with van der Waals surface area (Å²) in [4.78, 5) is 26.4. The summed E-state index contributed by atoms with van der Waals surface area (Å²) in [5.74, 6) is -0.966. The van der Waals surface area contributed by atoms with E-state index in [0.717, 1.165) is 6.29 Å². The Hall–Kier alpha value is -1.23. The lowest BCUT2D eigenvalue weighted by molar-refractivity contribution is -0.157. The van der Waals surface area contributed by atoms with E-state index in [4.69, 9.17) is 4.74 Å². The Labute approximate surface area is 98.6 Å². The second-order valence-electron chi connectivity index (χ2n) is 4.36. The summed E-state index contributed by atoms with van der Waals surface area (Å²) in [5.41, 5.74) is -0.546. The Morgan fingerprint density at radius 2 is 2.31 bits per heavy atom. The highest BCUT2D eigenvalue weighted by molar-refractivity contribution is 7.09. The molecule has 0 bridgehead atoms. The first kappa shape index (κ1) is 12.8. The van der Waals surface area contributed by atoms with Gasteiger partial charge in [0.2, 0.25) is 0 Å². The number of aldehydes is 1. The van der Waals surface area contributed by atoms with Crippen molar-refractivity contribution in [3.63, 3.8) is 0 Å². The summed E-state index contributed by atoms with van der Waals surface area (Å²) in [6.45, 7) is 5.39. The molecule has 0 saturated heterocycles. The Morgan fingerprint density at radius 3 is 2.75 bits per heavy atom. The van der Waals surface area contributed by atoms with E-state index in [1.54, 1.807) is 32.3 Å². The first-order valence-electron chi connectivity index (χ1n) is 5.00. The maximum atomic E-state index is 11.8. The number of thiazole rings is 1. The molecule has 0 fully saturated rings. The van der Waals surface area contributed by atoms with Gasteiger partial charge in [-0.05, 0) is 20.8 Å². The number of hydrogen-bond donors (Lipinski definition) is 0. The van der Waals surface area contributed by atoms with Crippen LogP contribution in [-0.2, 0) is 14.3 Å². The van der Waals surface area contributed by atoms with Gasteiger partial charge in [-0.15, -0.1) is 11.3 Å². The molecule has 4 nitrogen and oxygen atoms in total. The molecule has 1 aromatic heterocycles. The summed E-state index contributed by atoms with van der Waals surface area (Å²) in [5, 5.41) is 2.40. The van der Waals surface area contributed by atoms with E-state index >= 15 is 0 Å². The van der Waals surface area contributed by atoms with E-state index in [-0.39, 0.29) is 6.42 Å². The zero-order chi connectivity index (χ0) is 12.2. The van der Waals surface area contributed by atoms with Crippen LogP contribution in [0.3, 0.4) is 0 Å². The average Bonchev–Trinajstić information content (AvgIpc) is 2.63. The monoisotopic (exact) mass is 241 g/mol. The molecular formula is C11H15NO3S. The SMILES string of the molecule is CC(C)(C)OC(=O)C(CC=O)c1nccs1. The predicted octanol–water partition coefficient (Wildman–Crippen LogP) is 2.16. The van der Waals surface area contributed by atoms with Crippen LogP contribution in [-0.4, -0.2) is 22.8 Å².